The molecule has 0 N–H and O–H groups in total. The Bertz CT molecular complexity index is 336. The molecule has 0 spiro atoms. The molecular weight excluding hydrogens is 238 g/mol. The van der Waals surface area contributed by atoms with E-state index in [1.807, 2.05) is 0 Å². The monoisotopic (exact) mass is 265 g/mol. The highest BCUT2D eigenvalue weighted by Gasteiger charge is 2.39. The minimum Gasteiger partial charge on any atom is -0.339 e. The molecule has 1 aliphatic carbocycles. The summed E-state index contributed by atoms with van der Waals surface area (Å²) in [6, 6.07) is 0.205. The number of carbonyl (C=O) groups excluding carboxylic acids is 2. The second kappa shape index (κ2) is 6.53. The van der Waals surface area contributed by atoms with Gasteiger partial charge in [-0.05, 0) is 44.9 Å². The Morgan fingerprint density at radius 1 is 1.21 bits per heavy atom. The Hall–Kier alpha value is -0.860. The smallest absolute Gasteiger partial charge is 0.225 e. The van der Waals surface area contributed by atoms with Crippen molar-refractivity contribution in [3.8, 4) is 0 Å². The molecular formula is C16H27NO2. The molecule has 2 rings (SSSR count). The molecule has 1 aliphatic heterocycles. The average molecular weight is 265 g/mol. The standard InChI is InChI=1S/C16H27NO2/c1-3-12(4-2)16(19)17-11-6-5-9-14(17)13-8-7-10-15(13)18/h12-14H,3-11H2,1-2H3. The first-order valence-corrected chi connectivity index (χ1v) is 8.02. The number of ketones is 1. The van der Waals surface area contributed by atoms with Crippen LogP contribution < -0.4 is 0 Å². The van der Waals surface area contributed by atoms with Crippen molar-refractivity contribution >= 4 is 11.7 Å². The molecule has 2 fully saturated rings. The van der Waals surface area contributed by atoms with Crippen molar-refractivity contribution in [1.29, 1.82) is 0 Å². The van der Waals surface area contributed by atoms with Gasteiger partial charge in [0.2, 0.25) is 5.91 Å². The van der Waals surface area contributed by atoms with Crippen molar-refractivity contribution in [1.82, 2.24) is 4.90 Å². The third-order valence-electron chi connectivity index (χ3n) is 4.98. The summed E-state index contributed by atoms with van der Waals surface area (Å²) in [5, 5.41) is 0. The highest BCUT2D eigenvalue weighted by Crippen LogP contribution is 2.33. The van der Waals surface area contributed by atoms with Gasteiger partial charge in [-0.25, -0.2) is 0 Å². The van der Waals surface area contributed by atoms with Crippen LogP contribution in [0.4, 0.5) is 0 Å². The molecule has 0 aromatic heterocycles. The van der Waals surface area contributed by atoms with Gasteiger partial charge in [-0.15, -0.1) is 0 Å². The van der Waals surface area contributed by atoms with Gasteiger partial charge in [0.05, 0.1) is 0 Å². The molecule has 1 amide bonds. The molecule has 2 unspecified atom stereocenters. The number of rotatable bonds is 4. The highest BCUT2D eigenvalue weighted by molar-refractivity contribution is 5.85. The number of likely N-dealkylation sites (tertiary alicyclic amines) is 1. The molecule has 108 valence electrons. The van der Waals surface area contributed by atoms with Crippen LogP contribution in [0.15, 0.2) is 0 Å². The van der Waals surface area contributed by atoms with Crippen molar-refractivity contribution in [2.75, 3.05) is 6.54 Å². The molecule has 19 heavy (non-hydrogen) atoms. The zero-order valence-electron chi connectivity index (χ0n) is 12.4. The Morgan fingerprint density at radius 3 is 2.53 bits per heavy atom. The van der Waals surface area contributed by atoms with E-state index in [4.69, 9.17) is 0 Å². The second-order valence-corrected chi connectivity index (χ2v) is 6.07. The van der Waals surface area contributed by atoms with Crippen LogP contribution in [-0.4, -0.2) is 29.2 Å². The molecule has 1 saturated carbocycles. The topological polar surface area (TPSA) is 37.4 Å². The van der Waals surface area contributed by atoms with Crippen molar-refractivity contribution in [2.45, 2.75) is 71.3 Å². The lowest BCUT2D eigenvalue weighted by molar-refractivity contribution is -0.142. The summed E-state index contributed by atoms with van der Waals surface area (Å²) in [7, 11) is 0. The van der Waals surface area contributed by atoms with Crippen LogP contribution in [0.3, 0.4) is 0 Å². The molecule has 0 radical (unpaired) electrons. The zero-order chi connectivity index (χ0) is 13.8. The summed E-state index contributed by atoms with van der Waals surface area (Å²) >= 11 is 0. The summed E-state index contributed by atoms with van der Waals surface area (Å²) in [4.78, 5) is 26.7. The number of hydrogen-bond acceptors (Lipinski definition) is 2. The van der Waals surface area contributed by atoms with E-state index in [1.165, 1.54) is 6.42 Å². The number of amides is 1. The fourth-order valence-electron chi connectivity index (χ4n) is 3.77. The van der Waals surface area contributed by atoms with Crippen molar-refractivity contribution in [3.05, 3.63) is 0 Å². The van der Waals surface area contributed by atoms with E-state index in [-0.39, 0.29) is 17.9 Å². The summed E-state index contributed by atoms with van der Waals surface area (Å²) in [5.41, 5.74) is 0. The molecule has 0 aromatic carbocycles. The summed E-state index contributed by atoms with van der Waals surface area (Å²) in [5.74, 6) is 0.986. The van der Waals surface area contributed by atoms with E-state index in [1.54, 1.807) is 0 Å². The van der Waals surface area contributed by atoms with E-state index in [0.717, 1.165) is 51.5 Å². The molecule has 3 nitrogen and oxygen atoms in total. The first kappa shape index (κ1) is 14.5. The van der Waals surface area contributed by atoms with E-state index in [0.29, 0.717) is 11.7 Å². The quantitative estimate of drug-likeness (QED) is 0.783. The first-order chi connectivity index (χ1) is 9.19. The molecule has 2 atom stereocenters. The third kappa shape index (κ3) is 3.01. The zero-order valence-corrected chi connectivity index (χ0v) is 12.4. The van der Waals surface area contributed by atoms with Gasteiger partial charge in [0, 0.05) is 30.8 Å². The Kier molecular flexibility index (Phi) is 5.00. The maximum atomic E-state index is 12.6. The van der Waals surface area contributed by atoms with Gasteiger partial charge < -0.3 is 4.90 Å². The number of carbonyl (C=O) groups is 2. The first-order valence-electron chi connectivity index (χ1n) is 8.02. The molecule has 1 saturated heterocycles. The lowest BCUT2D eigenvalue weighted by Crippen LogP contribution is -2.50. The number of nitrogens with zero attached hydrogens (tertiary/aromatic N) is 1. The maximum Gasteiger partial charge on any atom is 0.225 e. The fraction of sp³-hybridized carbons (Fsp3) is 0.875. The van der Waals surface area contributed by atoms with Crippen LogP contribution >= 0.6 is 0 Å². The van der Waals surface area contributed by atoms with E-state index in [9.17, 15) is 9.59 Å². The van der Waals surface area contributed by atoms with Gasteiger partial charge in [0.15, 0.2) is 0 Å². The van der Waals surface area contributed by atoms with E-state index < -0.39 is 0 Å². The predicted molar refractivity (Wildman–Crippen MR) is 75.8 cm³/mol. The lowest BCUT2D eigenvalue weighted by atomic mass is 9.87. The Labute approximate surface area is 116 Å². The van der Waals surface area contributed by atoms with Crippen LogP contribution in [0.25, 0.3) is 0 Å². The number of piperidine rings is 1. The van der Waals surface area contributed by atoms with Crippen LogP contribution in [0.2, 0.25) is 0 Å². The van der Waals surface area contributed by atoms with Gasteiger partial charge in [-0.2, -0.15) is 0 Å². The van der Waals surface area contributed by atoms with Gasteiger partial charge in [-0.1, -0.05) is 13.8 Å². The van der Waals surface area contributed by atoms with E-state index >= 15 is 0 Å². The summed E-state index contributed by atoms with van der Waals surface area (Å²) < 4.78 is 0. The Balaban J connectivity index is 2.11. The van der Waals surface area contributed by atoms with Crippen LogP contribution in [0.1, 0.15) is 65.2 Å². The predicted octanol–water partition coefficient (Wildman–Crippen LogP) is 3.17. The van der Waals surface area contributed by atoms with Gasteiger partial charge >= 0.3 is 0 Å². The molecule has 1 heterocycles. The van der Waals surface area contributed by atoms with Crippen LogP contribution in [0, 0.1) is 11.8 Å². The Morgan fingerprint density at radius 2 is 1.95 bits per heavy atom. The second-order valence-electron chi connectivity index (χ2n) is 6.07. The van der Waals surface area contributed by atoms with Crippen molar-refractivity contribution < 1.29 is 9.59 Å². The van der Waals surface area contributed by atoms with Crippen LogP contribution in [-0.2, 0) is 9.59 Å². The summed E-state index contributed by atoms with van der Waals surface area (Å²) in [6.07, 6.45) is 7.87. The largest absolute Gasteiger partial charge is 0.339 e. The van der Waals surface area contributed by atoms with E-state index in [2.05, 4.69) is 18.7 Å². The highest BCUT2D eigenvalue weighted by atomic mass is 16.2. The molecule has 2 aliphatic rings. The van der Waals surface area contributed by atoms with Crippen molar-refractivity contribution in [2.24, 2.45) is 11.8 Å². The fourth-order valence-corrected chi connectivity index (χ4v) is 3.77. The minimum absolute atomic E-state index is 0.138. The third-order valence-corrected chi connectivity index (χ3v) is 4.98. The molecule has 0 aromatic rings. The van der Waals surface area contributed by atoms with Crippen LogP contribution in [0.5, 0.6) is 0 Å². The maximum absolute atomic E-state index is 12.6. The SMILES string of the molecule is CCC(CC)C(=O)N1CCCCC1C1CCCC1=O. The number of hydrogen-bond donors (Lipinski definition) is 0. The van der Waals surface area contributed by atoms with Gasteiger partial charge in [-0.3, -0.25) is 9.59 Å². The molecule has 0 bridgehead atoms. The van der Waals surface area contributed by atoms with Gasteiger partial charge in [0.1, 0.15) is 5.78 Å². The lowest BCUT2D eigenvalue weighted by Gasteiger charge is -2.40. The normalized spacial score (nSPS) is 28.2. The van der Waals surface area contributed by atoms with Gasteiger partial charge in [0.25, 0.3) is 0 Å². The minimum atomic E-state index is 0.138. The summed E-state index contributed by atoms with van der Waals surface area (Å²) in [6.45, 7) is 5.04. The molecule has 3 heteroatoms. The van der Waals surface area contributed by atoms with Crippen molar-refractivity contribution in [3.63, 3.8) is 0 Å². The average Bonchev–Trinajstić information content (AvgIpc) is 2.86. The number of Topliss-reactive ketones (excluding diaryl/α,β-unsaturated/α-hetero) is 1.